The van der Waals surface area contributed by atoms with Crippen LogP contribution in [0.4, 0.5) is 15.2 Å². The molecule has 6 nitrogen and oxygen atoms in total. The number of amides is 1. The monoisotopic (exact) mass is 465 g/mol. The Balaban J connectivity index is 1.38. The average molecular weight is 466 g/mol. The maximum Gasteiger partial charge on any atom is 0.230 e. The van der Waals surface area contributed by atoms with Crippen LogP contribution in [-0.4, -0.2) is 25.7 Å². The molecule has 4 aromatic rings. The summed E-state index contributed by atoms with van der Waals surface area (Å²) in [7, 11) is 0. The van der Waals surface area contributed by atoms with Crippen LogP contribution < -0.4 is 4.90 Å². The van der Waals surface area contributed by atoms with Crippen LogP contribution in [0, 0.1) is 5.82 Å². The minimum absolute atomic E-state index is 0.200. The summed E-state index contributed by atoms with van der Waals surface area (Å²) in [6.45, 7) is 1.41. The summed E-state index contributed by atoms with van der Waals surface area (Å²) in [4.78, 5) is 18.2. The van der Waals surface area contributed by atoms with Gasteiger partial charge in [0, 0.05) is 29.7 Å². The fourth-order valence-electron chi connectivity index (χ4n) is 3.44. The van der Waals surface area contributed by atoms with Crippen LogP contribution in [0.25, 0.3) is 5.69 Å². The Morgan fingerprint density at radius 2 is 1.91 bits per heavy atom. The summed E-state index contributed by atoms with van der Waals surface area (Å²) in [5, 5.41) is 12.0. The highest BCUT2D eigenvalue weighted by molar-refractivity contribution is 7.98. The number of rotatable bonds is 7. The molecule has 1 amide bonds. The van der Waals surface area contributed by atoms with Gasteiger partial charge in [-0.1, -0.05) is 42.1 Å². The molecule has 162 valence electrons. The van der Waals surface area contributed by atoms with Gasteiger partial charge in [0.15, 0.2) is 10.3 Å². The number of para-hydroxylation sites is 2. The second-order valence-corrected chi connectivity index (χ2v) is 9.28. The van der Waals surface area contributed by atoms with Crippen molar-refractivity contribution in [3.63, 3.8) is 0 Å². The molecule has 32 heavy (non-hydrogen) atoms. The average Bonchev–Trinajstić information content (AvgIpc) is 3.39. The molecule has 1 saturated carbocycles. The van der Waals surface area contributed by atoms with Gasteiger partial charge in [0.25, 0.3) is 0 Å². The Hall–Kier alpha value is -3.04. The third kappa shape index (κ3) is 4.18. The first kappa shape index (κ1) is 20.8. The van der Waals surface area contributed by atoms with E-state index < -0.39 is 5.82 Å². The van der Waals surface area contributed by atoms with Gasteiger partial charge < -0.3 is 0 Å². The van der Waals surface area contributed by atoms with Crippen molar-refractivity contribution in [1.29, 1.82) is 0 Å². The third-order valence-corrected chi connectivity index (χ3v) is 6.94. The summed E-state index contributed by atoms with van der Waals surface area (Å²) >= 11 is 2.87. The maximum absolute atomic E-state index is 14.3. The van der Waals surface area contributed by atoms with Crippen LogP contribution >= 0.6 is 23.1 Å². The number of halogens is 1. The molecule has 1 aliphatic carbocycles. The van der Waals surface area contributed by atoms with E-state index in [2.05, 4.69) is 31.9 Å². The molecule has 2 aromatic heterocycles. The number of hydrogen-bond acceptors (Lipinski definition) is 6. The van der Waals surface area contributed by atoms with E-state index in [0.717, 1.165) is 35.2 Å². The maximum atomic E-state index is 14.3. The smallest absolute Gasteiger partial charge is 0.230 e. The lowest BCUT2D eigenvalue weighted by Gasteiger charge is -2.18. The van der Waals surface area contributed by atoms with Crippen LogP contribution in [-0.2, 0) is 10.5 Å². The summed E-state index contributed by atoms with van der Waals surface area (Å²) < 4.78 is 16.4. The van der Waals surface area contributed by atoms with E-state index in [4.69, 9.17) is 0 Å². The molecule has 0 N–H and O–H groups in total. The first-order valence-corrected chi connectivity index (χ1v) is 12.1. The first-order valence-electron chi connectivity index (χ1n) is 10.2. The van der Waals surface area contributed by atoms with E-state index in [1.807, 2.05) is 23.6 Å². The minimum Gasteiger partial charge on any atom is -0.274 e. The van der Waals surface area contributed by atoms with E-state index in [1.54, 1.807) is 30.0 Å². The number of carbonyl (C=O) groups is 1. The molecule has 0 bridgehead atoms. The molecule has 2 heterocycles. The van der Waals surface area contributed by atoms with Gasteiger partial charge in [-0.15, -0.1) is 21.5 Å². The molecule has 1 fully saturated rings. The van der Waals surface area contributed by atoms with Gasteiger partial charge in [0.2, 0.25) is 5.91 Å². The van der Waals surface area contributed by atoms with Crippen molar-refractivity contribution in [2.24, 2.45) is 0 Å². The van der Waals surface area contributed by atoms with E-state index in [9.17, 15) is 9.18 Å². The number of nitrogens with zero attached hydrogens (tertiary/aromatic N) is 5. The minimum atomic E-state index is -0.461. The zero-order chi connectivity index (χ0) is 22.1. The van der Waals surface area contributed by atoms with Crippen molar-refractivity contribution in [3.8, 4) is 5.69 Å². The molecule has 0 spiro atoms. The van der Waals surface area contributed by atoms with Crippen LogP contribution in [0.5, 0.6) is 0 Å². The van der Waals surface area contributed by atoms with Gasteiger partial charge in [0.1, 0.15) is 11.6 Å². The number of carbonyl (C=O) groups excluding carboxylic acids is 1. The van der Waals surface area contributed by atoms with Crippen LogP contribution in [0.3, 0.4) is 0 Å². The molecule has 9 heteroatoms. The quantitative estimate of drug-likeness (QED) is 0.327. The zero-order valence-corrected chi connectivity index (χ0v) is 18.9. The second kappa shape index (κ2) is 8.84. The molecule has 0 radical (unpaired) electrons. The summed E-state index contributed by atoms with van der Waals surface area (Å²) in [6.07, 6.45) is 2.28. The molecular formula is C23H20FN5OS2. The van der Waals surface area contributed by atoms with E-state index in [1.165, 1.54) is 29.2 Å². The van der Waals surface area contributed by atoms with Crippen molar-refractivity contribution in [2.45, 2.75) is 36.6 Å². The first-order chi connectivity index (χ1) is 15.6. The molecule has 5 rings (SSSR count). The summed E-state index contributed by atoms with van der Waals surface area (Å²) in [5.74, 6) is 1.28. The molecule has 0 aliphatic heterocycles. The second-order valence-electron chi connectivity index (χ2n) is 7.50. The Morgan fingerprint density at radius 1 is 1.16 bits per heavy atom. The predicted molar refractivity (Wildman–Crippen MR) is 124 cm³/mol. The number of hydrogen-bond donors (Lipinski definition) is 0. The fourth-order valence-corrected chi connectivity index (χ4v) is 5.28. The molecule has 0 saturated heterocycles. The molecular weight excluding hydrogens is 445 g/mol. The number of thiazole rings is 1. The van der Waals surface area contributed by atoms with Crippen molar-refractivity contribution < 1.29 is 9.18 Å². The van der Waals surface area contributed by atoms with Crippen molar-refractivity contribution >= 4 is 39.8 Å². The number of anilines is 2. The van der Waals surface area contributed by atoms with Gasteiger partial charge in [-0.2, -0.15) is 0 Å². The highest BCUT2D eigenvalue weighted by Gasteiger charge is 2.31. The number of benzene rings is 2. The van der Waals surface area contributed by atoms with Gasteiger partial charge in [-0.25, -0.2) is 9.37 Å². The van der Waals surface area contributed by atoms with Crippen LogP contribution in [0.15, 0.2) is 65.1 Å². The summed E-state index contributed by atoms with van der Waals surface area (Å²) in [6, 6.07) is 16.3. The van der Waals surface area contributed by atoms with Crippen molar-refractivity contribution in [1.82, 2.24) is 19.7 Å². The molecule has 0 unspecified atom stereocenters. The van der Waals surface area contributed by atoms with Crippen molar-refractivity contribution in [3.05, 3.63) is 77.3 Å². The van der Waals surface area contributed by atoms with E-state index >= 15 is 0 Å². The molecule has 0 atom stereocenters. The van der Waals surface area contributed by atoms with Gasteiger partial charge >= 0.3 is 0 Å². The highest BCUT2D eigenvalue weighted by Crippen LogP contribution is 2.41. The standard InChI is InChI=1S/C23H20FN5OS2/c1-15(30)28(20-10-6-5-9-19(20)24)22-25-17(13-31-22)14-32-23-27-26-21(16-11-12-16)29(23)18-7-3-2-4-8-18/h2-10,13,16H,11-12,14H2,1H3. The Kier molecular flexibility index (Phi) is 5.75. The summed E-state index contributed by atoms with van der Waals surface area (Å²) in [5.41, 5.74) is 2.04. The normalized spacial score (nSPS) is 13.3. The largest absolute Gasteiger partial charge is 0.274 e. The lowest BCUT2D eigenvalue weighted by Crippen LogP contribution is -2.23. The Labute approximate surface area is 193 Å². The number of thioether (sulfide) groups is 1. The van der Waals surface area contributed by atoms with Crippen LogP contribution in [0.1, 0.15) is 37.2 Å². The van der Waals surface area contributed by atoms with E-state index in [-0.39, 0.29) is 11.6 Å². The van der Waals surface area contributed by atoms with Gasteiger partial charge in [-0.05, 0) is 37.1 Å². The lowest BCUT2D eigenvalue weighted by molar-refractivity contribution is -0.115. The van der Waals surface area contributed by atoms with Gasteiger partial charge in [0.05, 0.1) is 11.4 Å². The fraction of sp³-hybridized carbons (Fsp3) is 0.217. The molecule has 2 aromatic carbocycles. The third-order valence-electron chi connectivity index (χ3n) is 5.10. The SMILES string of the molecule is CC(=O)N(c1nc(CSc2nnc(C3CC3)n2-c2ccccc2)cs1)c1ccccc1F. The molecule has 1 aliphatic rings. The topological polar surface area (TPSA) is 63.9 Å². The predicted octanol–water partition coefficient (Wildman–Crippen LogP) is 5.72. The van der Waals surface area contributed by atoms with Crippen molar-refractivity contribution in [2.75, 3.05) is 4.90 Å². The zero-order valence-electron chi connectivity index (χ0n) is 17.3. The highest BCUT2D eigenvalue weighted by atomic mass is 32.2. The number of aromatic nitrogens is 4. The Bertz CT molecular complexity index is 1250. The van der Waals surface area contributed by atoms with Gasteiger partial charge in [-0.3, -0.25) is 14.3 Å². The van der Waals surface area contributed by atoms with Crippen LogP contribution in [0.2, 0.25) is 0 Å². The van der Waals surface area contributed by atoms with E-state index in [0.29, 0.717) is 16.8 Å². The Morgan fingerprint density at radius 3 is 2.62 bits per heavy atom. The lowest BCUT2D eigenvalue weighted by atomic mass is 10.3.